The lowest BCUT2D eigenvalue weighted by atomic mass is 9.99. The zero-order valence-electron chi connectivity index (χ0n) is 19.4. The van der Waals surface area contributed by atoms with Gasteiger partial charge in [0.25, 0.3) is 11.5 Å². The third-order valence-electron chi connectivity index (χ3n) is 6.08. The van der Waals surface area contributed by atoms with Crippen LogP contribution in [-0.2, 0) is 13.2 Å². The second-order valence-corrected chi connectivity index (χ2v) is 8.39. The maximum Gasteiger partial charge on any atom is 0.294 e. The molecule has 0 aliphatic heterocycles. The second-order valence-electron chi connectivity index (χ2n) is 8.39. The Kier molecular flexibility index (Phi) is 6.60. The van der Waals surface area contributed by atoms with Crippen molar-refractivity contribution in [2.45, 2.75) is 13.2 Å². The summed E-state index contributed by atoms with van der Waals surface area (Å²) >= 11 is 0. The fourth-order valence-corrected chi connectivity index (χ4v) is 4.30. The first-order valence-corrected chi connectivity index (χ1v) is 11.6. The molecule has 0 radical (unpaired) electrons. The van der Waals surface area contributed by atoms with Crippen LogP contribution in [0.5, 0.6) is 5.75 Å². The molecule has 5 aromatic rings. The zero-order chi connectivity index (χ0) is 24.9. The van der Waals surface area contributed by atoms with E-state index in [-0.39, 0.29) is 17.9 Å². The number of fused-ring (bicyclic) bond motifs is 1. The topological polar surface area (TPSA) is 80.6 Å². The normalized spacial score (nSPS) is 10.8. The molecule has 0 aliphatic rings. The van der Waals surface area contributed by atoms with Gasteiger partial charge in [0.2, 0.25) is 0 Å². The molecule has 0 fully saturated rings. The van der Waals surface area contributed by atoms with E-state index in [2.05, 4.69) is 0 Å². The molecule has 0 saturated heterocycles. The number of carbonyl (C=O) groups is 1. The van der Waals surface area contributed by atoms with E-state index in [9.17, 15) is 9.59 Å². The van der Waals surface area contributed by atoms with E-state index in [0.29, 0.717) is 12.1 Å². The predicted molar refractivity (Wildman–Crippen MR) is 139 cm³/mol. The van der Waals surface area contributed by atoms with Crippen LogP contribution in [0.2, 0.25) is 0 Å². The first-order valence-electron chi connectivity index (χ1n) is 11.6. The van der Waals surface area contributed by atoms with Gasteiger partial charge in [0.1, 0.15) is 6.61 Å². The van der Waals surface area contributed by atoms with Gasteiger partial charge >= 0.3 is 0 Å². The lowest BCUT2D eigenvalue weighted by molar-refractivity contribution is 0.0706. The van der Waals surface area contributed by atoms with Crippen molar-refractivity contribution in [3.63, 3.8) is 0 Å². The van der Waals surface area contributed by atoms with Crippen LogP contribution in [0.3, 0.4) is 0 Å². The number of amides is 1. The Morgan fingerprint density at radius 1 is 0.778 bits per heavy atom. The Morgan fingerprint density at radius 3 is 2.11 bits per heavy atom. The molecule has 1 amide bonds. The Hall–Kier alpha value is -4.68. The summed E-state index contributed by atoms with van der Waals surface area (Å²) in [6.07, 6.45) is 0. The molecule has 0 unspecified atom stereocenters. The fraction of sp³-hybridized carbons (Fsp3) is 0.0667. The van der Waals surface area contributed by atoms with Crippen molar-refractivity contribution >= 4 is 16.8 Å². The van der Waals surface area contributed by atoms with Gasteiger partial charge < -0.3 is 9.30 Å². The van der Waals surface area contributed by atoms with Crippen LogP contribution >= 0.6 is 0 Å². The van der Waals surface area contributed by atoms with E-state index in [1.165, 1.54) is 0 Å². The van der Waals surface area contributed by atoms with E-state index in [0.717, 1.165) is 33.2 Å². The molecule has 1 aromatic heterocycles. The largest absolute Gasteiger partial charge is 0.483 e. The molecule has 1 heterocycles. The Labute approximate surface area is 208 Å². The van der Waals surface area contributed by atoms with E-state index in [1.807, 2.05) is 84.9 Å². The summed E-state index contributed by atoms with van der Waals surface area (Å²) in [5, 5.41) is 9.76. The molecule has 2 N–H and O–H groups in total. The molecular weight excluding hydrogens is 452 g/mol. The minimum Gasteiger partial charge on any atom is -0.483 e. The number of rotatable bonds is 7. The maximum absolute atomic E-state index is 13.9. The van der Waals surface area contributed by atoms with Crippen molar-refractivity contribution in [3.8, 4) is 16.9 Å². The minimum absolute atomic E-state index is 0.139. The number of ether oxygens (including phenoxy) is 1. The molecule has 0 bridgehead atoms. The third kappa shape index (κ3) is 4.62. The molecule has 6 heteroatoms. The fourth-order valence-electron chi connectivity index (χ4n) is 4.30. The molecule has 5 rings (SSSR count). The van der Waals surface area contributed by atoms with Gasteiger partial charge in [-0.25, -0.2) is 5.48 Å². The number of pyridine rings is 1. The van der Waals surface area contributed by atoms with Crippen molar-refractivity contribution in [2.75, 3.05) is 0 Å². The molecule has 0 atom stereocenters. The molecule has 0 saturated carbocycles. The molecule has 0 aliphatic carbocycles. The van der Waals surface area contributed by atoms with Crippen LogP contribution in [0.4, 0.5) is 0 Å². The van der Waals surface area contributed by atoms with Crippen LogP contribution in [0.15, 0.2) is 114 Å². The van der Waals surface area contributed by atoms with Gasteiger partial charge in [-0.3, -0.25) is 14.8 Å². The number of nitrogens with one attached hydrogen (secondary N) is 1. The standard InChI is InChI=1S/C30H24N2O4/c33-29(31-35)24-17-15-22(16-18-24)20-36-28-27(23-11-5-2-6-12-23)25-13-7-8-14-26(25)32(30(28)34)19-21-9-3-1-4-10-21/h1-18,35H,19-20H2,(H,31,33). The summed E-state index contributed by atoms with van der Waals surface area (Å²) in [5.41, 5.74) is 5.99. The molecule has 178 valence electrons. The molecule has 0 spiro atoms. The van der Waals surface area contributed by atoms with Gasteiger partial charge in [-0.15, -0.1) is 0 Å². The monoisotopic (exact) mass is 476 g/mol. The summed E-state index contributed by atoms with van der Waals surface area (Å²) in [6.45, 7) is 0.552. The number of hydroxylamine groups is 1. The van der Waals surface area contributed by atoms with Crippen LogP contribution in [0, 0.1) is 0 Å². The minimum atomic E-state index is -0.591. The van der Waals surface area contributed by atoms with E-state index < -0.39 is 5.91 Å². The van der Waals surface area contributed by atoms with Gasteiger partial charge in [0, 0.05) is 16.5 Å². The number of para-hydroxylation sites is 1. The highest BCUT2D eigenvalue weighted by molar-refractivity contribution is 5.98. The number of hydrogen-bond acceptors (Lipinski definition) is 4. The first kappa shape index (κ1) is 23.1. The highest BCUT2D eigenvalue weighted by Gasteiger charge is 2.20. The van der Waals surface area contributed by atoms with E-state index in [1.54, 1.807) is 34.3 Å². The van der Waals surface area contributed by atoms with Crippen molar-refractivity contribution in [2.24, 2.45) is 0 Å². The zero-order valence-corrected chi connectivity index (χ0v) is 19.4. The molecule has 6 nitrogen and oxygen atoms in total. The van der Waals surface area contributed by atoms with Crippen LogP contribution < -0.4 is 15.8 Å². The Morgan fingerprint density at radius 2 is 1.42 bits per heavy atom. The quantitative estimate of drug-likeness (QED) is 0.243. The highest BCUT2D eigenvalue weighted by Crippen LogP contribution is 2.35. The highest BCUT2D eigenvalue weighted by atomic mass is 16.5. The lowest BCUT2D eigenvalue weighted by Crippen LogP contribution is -2.24. The average molecular weight is 477 g/mol. The number of nitrogens with zero attached hydrogens (tertiary/aromatic N) is 1. The summed E-state index contributed by atoms with van der Waals surface area (Å²) in [6, 6.07) is 34.1. The summed E-state index contributed by atoms with van der Waals surface area (Å²) in [4.78, 5) is 25.6. The van der Waals surface area contributed by atoms with Crippen LogP contribution in [0.1, 0.15) is 21.5 Å². The van der Waals surface area contributed by atoms with Crippen molar-refractivity contribution in [1.29, 1.82) is 0 Å². The SMILES string of the molecule is O=C(NO)c1ccc(COc2c(-c3ccccc3)c3ccccc3n(Cc3ccccc3)c2=O)cc1. The molecular formula is C30H24N2O4. The van der Waals surface area contributed by atoms with Crippen LogP contribution in [0.25, 0.3) is 22.0 Å². The summed E-state index contributed by atoms with van der Waals surface area (Å²) < 4.78 is 7.99. The number of benzene rings is 4. The van der Waals surface area contributed by atoms with Gasteiger partial charge in [-0.2, -0.15) is 0 Å². The predicted octanol–water partition coefficient (Wildman–Crippen LogP) is 5.41. The smallest absolute Gasteiger partial charge is 0.294 e. The number of aromatic nitrogens is 1. The average Bonchev–Trinajstić information content (AvgIpc) is 2.94. The van der Waals surface area contributed by atoms with Crippen molar-refractivity contribution in [3.05, 3.63) is 136 Å². The van der Waals surface area contributed by atoms with Crippen molar-refractivity contribution < 1.29 is 14.7 Å². The van der Waals surface area contributed by atoms with Gasteiger partial charge in [0.05, 0.1) is 12.1 Å². The molecule has 4 aromatic carbocycles. The lowest BCUT2D eigenvalue weighted by Gasteiger charge is -2.19. The van der Waals surface area contributed by atoms with Crippen LogP contribution in [-0.4, -0.2) is 15.7 Å². The van der Waals surface area contributed by atoms with Gasteiger partial charge in [-0.05, 0) is 34.9 Å². The third-order valence-corrected chi connectivity index (χ3v) is 6.08. The summed E-state index contributed by atoms with van der Waals surface area (Å²) in [5.74, 6) is -0.319. The number of carbonyl (C=O) groups excluding carboxylic acids is 1. The Bertz CT molecular complexity index is 1560. The number of hydrogen-bond donors (Lipinski definition) is 2. The van der Waals surface area contributed by atoms with Crippen molar-refractivity contribution in [1.82, 2.24) is 10.0 Å². The van der Waals surface area contributed by atoms with E-state index >= 15 is 0 Å². The first-order chi connectivity index (χ1) is 17.7. The summed E-state index contributed by atoms with van der Waals surface area (Å²) in [7, 11) is 0. The van der Waals surface area contributed by atoms with E-state index in [4.69, 9.17) is 9.94 Å². The van der Waals surface area contributed by atoms with Gasteiger partial charge in [-0.1, -0.05) is 91.0 Å². The second kappa shape index (κ2) is 10.3. The Balaban J connectivity index is 1.63. The molecule has 36 heavy (non-hydrogen) atoms. The van der Waals surface area contributed by atoms with Gasteiger partial charge in [0.15, 0.2) is 5.75 Å². The maximum atomic E-state index is 13.9.